The lowest BCUT2D eigenvalue weighted by Crippen LogP contribution is -2.02. The molecule has 3 N–H and O–H groups in total. The number of methoxy groups -OCH3 is 2. The summed E-state index contributed by atoms with van der Waals surface area (Å²) in [6.07, 6.45) is 1.56. The predicted octanol–water partition coefficient (Wildman–Crippen LogP) is 3.24. The summed E-state index contributed by atoms with van der Waals surface area (Å²) in [6, 6.07) is 3.37. The van der Waals surface area contributed by atoms with Gasteiger partial charge in [-0.15, -0.1) is 0 Å². The third-order valence-electron chi connectivity index (χ3n) is 2.49. The van der Waals surface area contributed by atoms with Gasteiger partial charge in [0, 0.05) is 18.3 Å². The minimum atomic E-state index is 0.163. The molecule has 2 rings (SSSR count). The number of ether oxygens (including phenoxy) is 2. The summed E-state index contributed by atoms with van der Waals surface area (Å²) in [7, 11) is 3.09. The molecule has 0 bridgehead atoms. The number of halogens is 2. The number of nitrogens with two attached hydrogens (primary N) is 1. The molecule has 0 atom stereocenters. The fraction of sp³-hybridized carbons (Fsp3) is 0.167. The maximum absolute atomic E-state index is 6.05. The molecule has 1 heterocycles. The Labute approximate surface area is 129 Å². The van der Waals surface area contributed by atoms with E-state index in [2.05, 4.69) is 31.2 Å². The first kappa shape index (κ1) is 14.7. The van der Waals surface area contributed by atoms with Crippen molar-refractivity contribution in [3.05, 3.63) is 27.8 Å². The lowest BCUT2D eigenvalue weighted by Gasteiger charge is -2.14. The van der Waals surface area contributed by atoms with E-state index < -0.39 is 0 Å². The average Bonchev–Trinajstić information content (AvgIpc) is 2.44. The van der Waals surface area contributed by atoms with Crippen molar-refractivity contribution in [2.75, 3.05) is 25.3 Å². The van der Waals surface area contributed by atoms with Crippen LogP contribution in [0.3, 0.4) is 0 Å². The van der Waals surface area contributed by atoms with Crippen LogP contribution in [0.1, 0.15) is 0 Å². The van der Waals surface area contributed by atoms with Crippen LogP contribution in [0.25, 0.3) is 0 Å². The number of hydrogen-bond acceptors (Lipinski definition) is 6. The molecular weight excluding hydrogens is 348 g/mol. The lowest BCUT2D eigenvalue weighted by atomic mass is 10.2. The van der Waals surface area contributed by atoms with Gasteiger partial charge in [0.1, 0.15) is 17.3 Å². The molecule has 0 aliphatic heterocycles. The monoisotopic (exact) mass is 358 g/mol. The zero-order chi connectivity index (χ0) is 14.7. The van der Waals surface area contributed by atoms with Gasteiger partial charge in [-0.3, -0.25) is 0 Å². The van der Waals surface area contributed by atoms with Gasteiger partial charge in [0.2, 0.25) is 5.95 Å². The molecule has 6 nitrogen and oxygen atoms in total. The fourth-order valence-electron chi connectivity index (χ4n) is 1.55. The number of nitrogens with one attached hydrogen (secondary N) is 1. The van der Waals surface area contributed by atoms with Crippen molar-refractivity contribution in [1.29, 1.82) is 0 Å². The van der Waals surface area contributed by atoms with Crippen LogP contribution in [-0.2, 0) is 0 Å². The Bertz CT molecular complexity index is 639. The Morgan fingerprint density at radius 2 is 1.95 bits per heavy atom. The Morgan fingerprint density at radius 1 is 1.25 bits per heavy atom. The van der Waals surface area contributed by atoms with Crippen molar-refractivity contribution < 1.29 is 9.47 Å². The highest BCUT2D eigenvalue weighted by molar-refractivity contribution is 9.10. The van der Waals surface area contributed by atoms with Crippen LogP contribution in [0.15, 0.2) is 22.8 Å². The SMILES string of the molecule is COc1cc(Nc2nc(N)ncc2Br)c(OC)cc1Cl. The van der Waals surface area contributed by atoms with E-state index in [0.29, 0.717) is 32.5 Å². The highest BCUT2D eigenvalue weighted by Gasteiger charge is 2.12. The predicted molar refractivity (Wildman–Crippen MR) is 82.0 cm³/mol. The van der Waals surface area contributed by atoms with E-state index in [4.69, 9.17) is 26.8 Å². The van der Waals surface area contributed by atoms with Gasteiger partial charge in [-0.25, -0.2) is 4.98 Å². The van der Waals surface area contributed by atoms with E-state index in [0.717, 1.165) is 0 Å². The molecule has 0 unspecified atom stereocenters. The van der Waals surface area contributed by atoms with Crippen LogP contribution in [0.5, 0.6) is 11.5 Å². The number of nitrogens with zero attached hydrogens (tertiary/aromatic N) is 2. The van der Waals surface area contributed by atoms with Gasteiger partial charge in [0.15, 0.2) is 0 Å². The van der Waals surface area contributed by atoms with Gasteiger partial charge in [-0.2, -0.15) is 4.98 Å². The van der Waals surface area contributed by atoms with Gasteiger partial charge in [0.25, 0.3) is 0 Å². The maximum atomic E-state index is 6.05. The summed E-state index contributed by atoms with van der Waals surface area (Å²) in [5, 5.41) is 3.55. The quantitative estimate of drug-likeness (QED) is 0.872. The molecule has 0 aliphatic carbocycles. The van der Waals surface area contributed by atoms with E-state index in [9.17, 15) is 0 Å². The first-order chi connectivity index (χ1) is 9.55. The largest absolute Gasteiger partial charge is 0.495 e. The van der Waals surface area contributed by atoms with E-state index >= 15 is 0 Å². The lowest BCUT2D eigenvalue weighted by molar-refractivity contribution is 0.405. The highest BCUT2D eigenvalue weighted by Crippen LogP contribution is 2.38. The molecule has 1 aromatic heterocycles. The van der Waals surface area contributed by atoms with Crippen LogP contribution < -0.4 is 20.5 Å². The normalized spacial score (nSPS) is 10.2. The molecule has 0 aliphatic rings. The number of aromatic nitrogens is 2. The van der Waals surface area contributed by atoms with Crippen LogP contribution in [-0.4, -0.2) is 24.2 Å². The Hall–Kier alpha value is -1.73. The third kappa shape index (κ3) is 3.05. The zero-order valence-corrected chi connectivity index (χ0v) is 13.1. The molecule has 2 aromatic rings. The van der Waals surface area contributed by atoms with Crippen molar-refractivity contribution in [1.82, 2.24) is 9.97 Å². The Morgan fingerprint density at radius 3 is 2.60 bits per heavy atom. The number of nitrogen functional groups attached to an aromatic ring is 1. The van der Waals surface area contributed by atoms with Crippen molar-refractivity contribution >= 4 is 45.0 Å². The van der Waals surface area contributed by atoms with Gasteiger partial charge in [0.05, 0.1) is 29.4 Å². The van der Waals surface area contributed by atoms with Crippen molar-refractivity contribution in [2.45, 2.75) is 0 Å². The number of benzene rings is 1. The standard InChI is InChI=1S/C12H12BrClN4O2/c1-19-9-4-8(10(20-2)3-7(9)14)17-11-6(13)5-16-12(15)18-11/h3-5H,1-2H3,(H3,15,16,17,18). The minimum Gasteiger partial charge on any atom is -0.495 e. The van der Waals surface area contributed by atoms with Crippen LogP contribution >= 0.6 is 27.5 Å². The smallest absolute Gasteiger partial charge is 0.222 e. The molecular formula is C12H12BrClN4O2. The Balaban J connectivity index is 2.44. The maximum Gasteiger partial charge on any atom is 0.222 e. The minimum absolute atomic E-state index is 0.163. The number of anilines is 3. The van der Waals surface area contributed by atoms with Crippen LogP contribution in [0.4, 0.5) is 17.5 Å². The number of rotatable bonds is 4. The summed E-state index contributed by atoms with van der Waals surface area (Å²) >= 11 is 9.40. The topological polar surface area (TPSA) is 82.3 Å². The summed E-state index contributed by atoms with van der Waals surface area (Å²) in [5.74, 6) is 1.75. The molecule has 0 saturated heterocycles. The first-order valence-corrected chi connectivity index (χ1v) is 6.68. The summed E-state index contributed by atoms with van der Waals surface area (Å²) < 4.78 is 11.1. The third-order valence-corrected chi connectivity index (χ3v) is 3.37. The highest BCUT2D eigenvalue weighted by atomic mass is 79.9. The summed E-state index contributed by atoms with van der Waals surface area (Å²) in [4.78, 5) is 7.97. The summed E-state index contributed by atoms with van der Waals surface area (Å²) in [6.45, 7) is 0. The van der Waals surface area contributed by atoms with E-state index in [1.54, 1.807) is 25.4 Å². The second-order valence-electron chi connectivity index (χ2n) is 3.74. The molecule has 20 heavy (non-hydrogen) atoms. The van der Waals surface area contributed by atoms with Crippen molar-refractivity contribution in [3.8, 4) is 11.5 Å². The summed E-state index contributed by atoms with van der Waals surface area (Å²) in [5.41, 5.74) is 6.22. The van der Waals surface area contributed by atoms with Gasteiger partial charge >= 0.3 is 0 Å². The van der Waals surface area contributed by atoms with Crippen LogP contribution in [0.2, 0.25) is 5.02 Å². The van der Waals surface area contributed by atoms with E-state index in [1.165, 1.54) is 7.11 Å². The fourth-order valence-corrected chi connectivity index (χ4v) is 2.08. The molecule has 0 saturated carbocycles. The van der Waals surface area contributed by atoms with Crippen molar-refractivity contribution in [2.24, 2.45) is 0 Å². The molecule has 0 fully saturated rings. The Kier molecular flexibility index (Phi) is 4.51. The second kappa shape index (κ2) is 6.15. The van der Waals surface area contributed by atoms with E-state index in [-0.39, 0.29) is 5.95 Å². The van der Waals surface area contributed by atoms with Crippen LogP contribution in [0, 0.1) is 0 Å². The zero-order valence-electron chi connectivity index (χ0n) is 10.8. The second-order valence-corrected chi connectivity index (χ2v) is 5.00. The molecule has 0 radical (unpaired) electrons. The first-order valence-electron chi connectivity index (χ1n) is 5.51. The van der Waals surface area contributed by atoms with Gasteiger partial charge < -0.3 is 20.5 Å². The van der Waals surface area contributed by atoms with Gasteiger partial charge in [-0.05, 0) is 15.9 Å². The van der Waals surface area contributed by atoms with E-state index in [1.807, 2.05) is 0 Å². The molecule has 8 heteroatoms. The molecule has 0 amide bonds. The van der Waals surface area contributed by atoms with Crippen molar-refractivity contribution in [3.63, 3.8) is 0 Å². The van der Waals surface area contributed by atoms with Gasteiger partial charge in [-0.1, -0.05) is 11.6 Å². The molecule has 0 spiro atoms. The molecule has 106 valence electrons. The number of hydrogen-bond donors (Lipinski definition) is 2. The average molecular weight is 360 g/mol. The molecule has 1 aromatic carbocycles.